The zero-order chi connectivity index (χ0) is 4.12. The van der Waals surface area contributed by atoms with Crippen LogP contribution in [-0.4, -0.2) is 13.4 Å². The highest BCUT2D eigenvalue weighted by Crippen LogP contribution is 1.53. The molecule has 3 heteroatoms. The largest absolute Gasteiger partial charge is 0.288 e. The van der Waals surface area contributed by atoms with Crippen molar-refractivity contribution in [1.82, 2.24) is 0 Å². The van der Waals surface area contributed by atoms with Crippen LogP contribution in [0.3, 0.4) is 0 Å². The van der Waals surface area contributed by atoms with E-state index in [1.165, 1.54) is 7.05 Å². The van der Waals surface area contributed by atoms with Crippen molar-refractivity contribution in [3.05, 3.63) is 0 Å². The Morgan fingerprint density at radius 1 is 1.80 bits per heavy atom. The molecule has 0 aromatic heterocycles. The zero-order valence-electron chi connectivity index (χ0n) is 2.97. The van der Waals surface area contributed by atoms with E-state index in [1.54, 1.807) is 0 Å². The predicted octanol–water partition coefficient (Wildman–Crippen LogP) is 0.675. The number of hydrogen-bond donors (Lipinski definition) is 1. The van der Waals surface area contributed by atoms with Crippen LogP contribution in [0.1, 0.15) is 0 Å². The third kappa shape index (κ3) is 3.27. The molecule has 0 aromatic carbocycles. The van der Waals surface area contributed by atoms with Crippen molar-refractivity contribution in [2.75, 3.05) is 7.05 Å². The zero-order valence-corrected chi connectivity index (χ0v) is 2.97. The summed E-state index contributed by atoms with van der Waals surface area (Å²) < 4.78 is 0. The van der Waals surface area contributed by atoms with Crippen LogP contribution in [0.2, 0.25) is 0 Å². The molecule has 0 rings (SSSR count). The van der Waals surface area contributed by atoms with Crippen molar-refractivity contribution in [2.24, 2.45) is 10.2 Å². The van der Waals surface area contributed by atoms with E-state index < -0.39 is 0 Å². The Bertz CT molecular complexity index is 46.9. The fourth-order valence-electron chi connectivity index (χ4n) is 0.0577. The topological polar surface area (TPSA) is 48.6 Å². The summed E-state index contributed by atoms with van der Waals surface area (Å²) in [5.74, 6) is 0. The molecule has 0 unspecified atom stereocenters. The molecule has 0 heterocycles. The van der Waals surface area contributed by atoms with Crippen LogP contribution in [0, 0.1) is 5.41 Å². The van der Waals surface area contributed by atoms with Crippen LogP contribution >= 0.6 is 0 Å². The minimum absolute atomic E-state index is 0.889. The van der Waals surface area contributed by atoms with Gasteiger partial charge < -0.3 is 0 Å². The van der Waals surface area contributed by atoms with Gasteiger partial charge in [0.2, 0.25) is 0 Å². The molecule has 0 aliphatic heterocycles. The lowest BCUT2D eigenvalue weighted by atomic mass is 11.4. The van der Waals surface area contributed by atoms with E-state index >= 15 is 0 Å². The van der Waals surface area contributed by atoms with E-state index in [2.05, 4.69) is 10.2 Å². The van der Waals surface area contributed by atoms with Gasteiger partial charge in [0.1, 0.15) is 6.34 Å². The van der Waals surface area contributed by atoms with E-state index in [9.17, 15) is 0 Å². The predicted molar refractivity (Wildman–Crippen MR) is 19.6 cm³/mol. The molecule has 0 aliphatic rings. The van der Waals surface area contributed by atoms with Crippen LogP contribution in [-0.2, 0) is 0 Å². The summed E-state index contributed by atoms with van der Waals surface area (Å²) in [5, 5.41) is 12.6. The van der Waals surface area contributed by atoms with Gasteiger partial charge in [-0.25, -0.2) is 0 Å². The van der Waals surface area contributed by atoms with Gasteiger partial charge in [-0.05, 0) is 0 Å². The Labute approximate surface area is 30.2 Å². The van der Waals surface area contributed by atoms with Gasteiger partial charge in [-0.2, -0.15) is 5.11 Å². The van der Waals surface area contributed by atoms with Gasteiger partial charge in [-0.1, -0.05) is 0 Å². The first-order valence-corrected chi connectivity index (χ1v) is 1.19. The molecule has 0 bridgehead atoms. The summed E-state index contributed by atoms with van der Waals surface area (Å²) in [5.41, 5.74) is 0. The summed E-state index contributed by atoms with van der Waals surface area (Å²) in [7, 11) is 1.52. The molecule has 0 saturated carbocycles. The van der Waals surface area contributed by atoms with E-state index in [0.717, 1.165) is 6.34 Å². The van der Waals surface area contributed by atoms with Crippen LogP contribution < -0.4 is 0 Å². The maximum atomic E-state index is 6.22. The minimum Gasteiger partial charge on any atom is -0.288 e. The highest BCUT2D eigenvalue weighted by molar-refractivity contribution is 5.49. The second kappa shape index (κ2) is 3.27. The van der Waals surface area contributed by atoms with E-state index in [4.69, 9.17) is 5.41 Å². The van der Waals surface area contributed by atoms with Crippen molar-refractivity contribution in [1.29, 1.82) is 5.41 Å². The van der Waals surface area contributed by atoms with Crippen molar-refractivity contribution >= 4 is 6.34 Å². The quantitative estimate of drug-likeness (QED) is 0.268. The van der Waals surface area contributed by atoms with Gasteiger partial charge in [0, 0.05) is 7.05 Å². The molecule has 0 aromatic rings. The number of nitrogens with one attached hydrogen (secondary N) is 1. The fourth-order valence-corrected chi connectivity index (χ4v) is 0.0577. The van der Waals surface area contributed by atoms with Crippen LogP contribution in [0.5, 0.6) is 0 Å². The first-order valence-electron chi connectivity index (χ1n) is 1.19. The summed E-state index contributed by atoms with van der Waals surface area (Å²) >= 11 is 0. The van der Waals surface area contributed by atoms with Gasteiger partial charge in [0.15, 0.2) is 0 Å². The molecule has 0 spiro atoms. The molecule has 28 valence electrons. The molecular formula is C2H5N3. The number of hydrogen-bond acceptors (Lipinski definition) is 2. The molecule has 0 amide bonds. The van der Waals surface area contributed by atoms with Crippen LogP contribution in [0.15, 0.2) is 10.2 Å². The summed E-state index contributed by atoms with van der Waals surface area (Å²) in [6.07, 6.45) is 0.889. The minimum atomic E-state index is 0.889. The first-order chi connectivity index (χ1) is 2.41. The summed E-state index contributed by atoms with van der Waals surface area (Å²) in [6, 6.07) is 0. The third-order valence-electron chi connectivity index (χ3n) is 0.173. The molecule has 0 atom stereocenters. The number of nitrogens with zero attached hydrogens (tertiary/aromatic N) is 2. The molecule has 0 fully saturated rings. The van der Waals surface area contributed by atoms with Crippen molar-refractivity contribution in [3.63, 3.8) is 0 Å². The average molecular weight is 71.1 g/mol. The SMILES string of the molecule is CN=NC=N. The van der Waals surface area contributed by atoms with Crippen molar-refractivity contribution in [2.45, 2.75) is 0 Å². The van der Waals surface area contributed by atoms with Gasteiger partial charge in [0.25, 0.3) is 0 Å². The Morgan fingerprint density at radius 3 is 2.40 bits per heavy atom. The van der Waals surface area contributed by atoms with Gasteiger partial charge >= 0.3 is 0 Å². The smallest absolute Gasteiger partial charge is 0.129 e. The Morgan fingerprint density at radius 2 is 2.40 bits per heavy atom. The Kier molecular flexibility index (Phi) is 2.79. The summed E-state index contributed by atoms with van der Waals surface area (Å²) in [6.45, 7) is 0. The highest BCUT2D eigenvalue weighted by Gasteiger charge is 1.42. The van der Waals surface area contributed by atoms with Gasteiger partial charge in [0.05, 0.1) is 0 Å². The van der Waals surface area contributed by atoms with Gasteiger partial charge in [-0.3, -0.25) is 5.41 Å². The lowest BCUT2D eigenvalue weighted by Gasteiger charge is -1.57. The second-order valence-electron chi connectivity index (χ2n) is 0.445. The Balaban J connectivity index is 2.92. The maximum Gasteiger partial charge on any atom is 0.129 e. The molecule has 5 heavy (non-hydrogen) atoms. The average Bonchev–Trinajstić information content (AvgIpc) is 1.41. The molecule has 1 N–H and O–H groups in total. The molecule has 0 saturated heterocycles. The fraction of sp³-hybridized carbons (Fsp3) is 0.500. The Hall–Kier alpha value is -0.730. The number of rotatable bonds is 1. The normalized spacial score (nSPS) is 9.00. The standard InChI is InChI=1S/C2H5N3/c1-4-5-2-3/h2-3H,1H3. The lowest BCUT2D eigenvalue weighted by Crippen LogP contribution is -1.49. The number of azo groups is 1. The maximum absolute atomic E-state index is 6.22. The van der Waals surface area contributed by atoms with Crippen molar-refractivity contribution < 1.29 is 0 Å². The highest BCUT2D eigenvalue weighted by atomic mass is 15.1. The molecule has 0 radical (unpaired) electrons. The van der Waals surface area contributed by atoms with Crippen LogP contribution in [0.4, 0.5) is 0 Å². The van der Waals surface area contributed by atoms with E-state index in [0.29, 0.717) is 0 Å². The molecule has 0 aliphatic carbocycles. The van der Waals surface area contributed by atoms with Gasteiger partial charge in [-0.15, -0.1) is 5.11 Å². The monoisotopic (exact) mass is 71.0 g/mol. The first kappa shape index (κ1) is 4.27. The van der Waals surface area contributed by atoms with E-state index in [-0.39, 0.29) is 0 Å². The van der Waals surface area contributed by atoms with Crippen LogP contribution in [0.25, 0.3) is 0 Å². The lowest BCUT2D eigenvalue weighted by molar-refractivity contribution is 1.21. The van der Waals surface area contributed by atoms with Crippen molar-refractivity contribution in [3.8, 4) is 0 Å². The molecule has 3 nitrogen and oxygen atoms in total. The van der Waals surface area contributed by atoms with E-state index in [1.807, 2.05) is 0 Å². The third-order valence-corrected chi connectivity index (χ3v) is 0.173. The summed E-state index contributed by atoms with van der Waals surface area (Å²) in [4.78, 5) is 0. The molecular weight excluding hydrogens is 66.0 g/mol. The second-order valence-corrected chi connectivity index (χ2v) is 0.445.